The van der Waals surface area contributed by atoms with Gasteiger partial charge in [-0.05, 0) is 31.0 Å². The van der Waals surface area contributed by atoms with Gasteiger partial charge in [-0.3, -0.25) is 9.59 Å². The summed E-state index contributed by atoms with van der Waals surface area (Å²) < 4.78 is 1.92. The summed E-state index contributed by atoms with van der Waals surface area (Å²) in [6.07, 6.45) is 1.81. The highest BCUT2D eigenvalue weighted by Crippen LogP contribution is 2.22. The van der Waals surface area contributed by atoms with Gasteiger partial charge in [-0.1, -0.05) is 36.4 Å². The number of para-hydroxylation sites is 2. The third-order valence-corrected chi connectivity index (χ3v) is 4.60. The molecule has 0 fully saturated rings. The van der Waals surface area contributed by atoms with Gasteiger partial charge in [0.1, 0.15) is 0 Å². The van der Waals surface area contributed by atoms with Crippen LogP contribution in [0.3, 0.4) is 0 Å². The molecule has 2 amide bonds. The number of rotatable bonds is 4. The minimum absolute atomic E-state index is 0.00414. The first-order chi connectivity index (χ1) is 12.4. The summed E-state index contributed by atoms with van der Waals surface area (Å²) in [7, 11) is 3.56. The first kappa shape index (κ1) is 17.7. The molecule has 0 bridgehead atoms. The molecule has 0 radical (unpaired) electrons. The van der Waals surface area contributed by atoms with Crippen molar-refractivity contribution in [3.63, 3.8) is 0 Å². The molecular formula is C21H23N3O2. The van der Waals surface area contributed by atoms with Crippen LogP contribution in [0.4, 0.5) is 5.69 Å². The number of aryl methyl sites for hydroxylation is 3. The molecule has 0 aliphatic carbocycles. The summed E-state index contributed by atoms with van der Waals surface area (Å²) in [6.45, 7) is 3.90. The molecular weight excluding hydrogens is 326 g/mol. The first-order valence-electron chi connectivity index (χ1n) is 8.54. The molecule has 1 aromatic heterocycles. The van der Waals surface area contributed by atoms with Crippen LogP contribution in [-0.4, -0.2) is 34.9 Å². The Kier molecular flexibility index (Phi) is 4.80. The van der Waals surface area contributed by atoms with Gasteiger partial charge in [0.25, 0.3) is 5.91 Å². The van der Waals surface area contributed by atoms with Crippen LogP contribution in [0, 0.1) is 13.8 Å². The lowest BCUT2D eigenvalue weighted by Gasteiger charge is -2.18. The van der Waals surface area contributed by atoms with Gasteiger partial charge in [0, 0.05) is 36.9 Å². The quantitative estimate of drug-likeness (QED) is 0.784. The number of carbonyl (C=O) groups excluding carboxylic acids is 2. The van der Waals surface area contributed by atoms with Crippen LogP contribution in [0.25, 0.3) is 10.9 Å². The van der Waals surface area contributed by atoms with Gasteiger partial charge in [-0.15, -0.1) is 0 Å². The second-order valence-electron chi connectivity index (χ2n) is 6.65. The Labute approximate surface area is 153 Å². The summed E-state index contributed by atoms with van der Waals surface area (Å²) in [5, 5.41) is 3.81. The third kappa shape index (κ3) is 3.33. The van der Waals surface area contributed by atoms with Gasteiger partial charge < -0.3 is 14.8 Å². The highest BCUT2D eigenvalue weighted by Gasteiger charge is 2.19. The molecule has 3 rings (SSSR count). The fourth-order valence-electron chi connectivity index (χ4n) is 3.20. The molecule has 0 saturated carbocycles. The van der Waals surface area contributed by atoms with Crippen molar-refractivity contribution in [3.05, 3.63) is 65.4 Å². The summed E-state index contributed by atoms with van der Waals surface area (Å²) in [5.41, 5.74) is 4.40. The van der Waals surface area contributed by atoms with Gasteiger partial charge in [0.2, 0.25) is 5.91 Å². The number of carbonyl (C=O) groups is 2. The second kappa shape index (κ2) is 7.04. The van der Waals surface area contributed by atoms with E-state index in [1.807, 2.05) is 74.1 Å². The molecule has 26 heavy (non-hydrogen) atoms. The minimum Gasteiger partial charge on any atom is -0.350 e. The number of benzene rings is 2. The predicted molar refractivity (Wildman–Crippen MR) is 104 cm³/mol. The van der Waals surface area contributed by atoms with E-state index in [2.05, 4.69) is 5.32 Å². The van der Waals surface area contributed by atoms with Gasteiger partial charge >= 0.3 is 0 Å². The molecule has 3 aromatic rings. The van der Waals surface area contributed by atoms with Gasteiger partial charge in [0.05, 0.1) is 12.1 Å². The zero-order chi connectivity index (χ0) is 18.8. The number of anilines is 1. The fraction of sp³-hybridized carbons (Fsp3) is 0.238. The maximum absolute atomic E-state index is 12.8. The number of hydrogen-bond acceptors (Lipinski definition) is 2. The van der Waals surface area contributed by atoms with Gasteiger partial charge in [0.15, 0.2) is 0 Å². The highest BCUT2D eigenvalue weighted by atomic mass is 16.2. The summed E-state index contributed by atoms with van der Waals surface area (Å²) in [5.74, 6) is -0.378. The van der Waals surface area contributed by atoms with E-state index in [9.17, 15) is 9.59 Å². The average molecular weight is 349 g/mol. The van der Waals surface area contributed by atoms with Crippen LogP contribution < -0.4 is 5.32 Å². The van der Waals surface area contributed by atoms with E-state index in [1.54, 1.807) is 7.05 Å². The lowest BCUT2D eigenvalue weighted by Crippen LogP contribution is -2.35. The Morgan fingerprint density at radius 3 is 2.38 bits per heavy atom. The van der Waals surface area contributed by atoms with Crippen molar-refractivity contribution >= 4 is 28.4 Å². The van der Waals surface area contributed by atoms with Crippen molar-refractivity contribution in [2.24, 2.45) is 7.05 Å². The van der Waals surface area contributed by atoms with Crippen molar-refractivity contribution in [2.75, 3.05) is 18.9 Å². The largest absolute Gasteiger partial charge is 0.350 e. The molecule has 2 aromatic carbocycles. The molecule has 0 saturated heterocycles. The number of fused-ring (bicyclic) bond motifs is 1. The number of nitrogens with one attached hydrogen (secondary N) is 1. The predicted octanol–water partition coefficient (Wildman–Crippen LogP) is 3.51. The molecule has 5 heteroatoms. The average Bonchev–Trinajstić information content (AvgIpc) is 2.95. The second-order valence-corrected chi connectivity index (χ2v) is 6.65. The van der Waals surface area contributed by atoms with Crippen LogP contribution >= 0.6 is 0 Å². The van der Waals surface area contributed by atoms with E-state index in [4.69, 9.17) is 0 Å². The molecule has 0 atom stereocenters. The van der Waals surface area contributed by atoms with E-state index in [0.717, 1.165) is 27.7 Å². The SMILES string of the molecule is Cc1cccc(C)c1NC(=O)CN(C)C(=O)c1cn(C)c2ccccc12. The molecule has 5 nitrogen and oxygen atoms in total. The maximum Gasteiger partial charge on any atom is 0.256 e. The van der Waals surface area contributed by atoms with E-state index < -0.39 is 0 Å². The Morgan fingerprint density at radius 2 is 1.69 bits per heavy atom. The Balaban J connectivity index is 1.76. The fourth-order valence-corrected chi connectivity index (χ4v) is 3.20. The van der Waals surface area contributed by atoms with Crippen molar-refractivity contribution < 1.29 is 9.59 Å². The van der Waals surface area contributed by atoms with Crippen LogP contribution in [-0.2, 0) is 11.8 Å². The lowest BCUT2D eigenvalue weighted by molar-refractivity contribution is -0.116. The lowest BCUT2D eigenvalue weighted by atomic mass is 10.1. The summed E-state index contributed by atoms with van der Waals surface area (Å²) in [6, 6.07) is 13.6. The van der Waals surface area contributed by atoms with Crippen LogP contribution in [0.1, 0.15) is 21.5 Å². The Morgan fingerprint density at radius 1 is 1.04 bits per heavy atom. The topological polar surface area (TPSA) is 54.3 Å². The number of nitrogens with zero attached hydrogens (tertiary/aromatic N) is 2. The molecule has 0 aliphatic heterocycles. The zero-order valence-electron chi connectivity index (χ0n) is 15.5. The monoisotopic (exact) mass is 349 g/mol. The number of likely N-dealkylation sites (N-methyl/N-ethyl adjacent to an activating group) is 1. The molecule has 0 spiro atoms. The first-order valence-corrected chi connectivity index (χ1v) is 8.54. The molecule has 1 heterocycles. The smallest absolute Gasteiger partial charge is 0.256 e. The zero-order valence-corrected chi connectivity index (χ0v) is 15.5. The molecule has 0 aliphatic rings. The Bertz CT molecular complexity index is 968. The summed E-state index contributed by atoms with van der Waals surface area (Å²) in [4.78, 5) is 26.7. The maximum atomic E-state index is 12.8. The Hall–Kier alpha value is -3.08. The van der Waals surface area contributed by atoms with Crippen LogP contribution in [0.2, 0.25) is 0 Å². The van der Waals surface area contributed by atoms with E-state index in [0.29, 0.717) is 5.56 Å². The number of amides is 2. The van der Waals surface area contributed by atoms with E-state index in [-0.39, 0.29) is 18.4 Å². The van der Waals surface area contributed by atoms with Crippen LogP contribution in [0.5, 0.6) is 0 Å². The van der Waals surface area contributed by atoms with Gasteiger partial charge in [-0.2, -0.15) is 0 Å². The minimum atomic E-state index is -0.210. The number of hydrogen-bond donors (Lipinski definition) is 1. The normalized spacial score (nSPS) is 10.8. The van der Waals surface area contributed by atoms with E-state index in [1.165, 1.54) is 4.90 Å². The van der Waals surface area contributed by atoms with E-state index >= 15 is 0 Å². The van der Waals surface area contributed by atoms with Crippen LogP contribution in [0.15, 0.2) is 48.7 Å². The summed E-state index contributed by atoms with van der Waals surface area (Å²) >= 11 is 0. The van der Waals surface area contributed by atoms with Crippen molar-refractivity contribution in [1.82, 2.24) is 9.47 Å². The third-order valence-electron chi connectivity index (χ3n) is 4.60. The van der Waals surface area contributed by atoms with Gasteiger partial charge in [-0.25, -0.2) is 0 Å². The number of aromatic nitrogens is 1. The molecule has 0 unspecified atom stereocenters. The van der Waals surface area contributed by atoms with Crippen molar-refractivity contribution in [1.29, 1.82) is 0 Å². The molecule has 134 valence electrons. The van der Waals surface area contributed by atoms with Crippen molar-refractivity contribution in [2.45, 2.75) is 13.8 Å². The van der Waals surface area contributed by atoms with Crippen molar-refractivity contribution in [3.8, 4) is 0 Å². The highest BCUT2D eigenvalue weighted by molar-refractivity contribution is 6.08. The molecule has 1 N–H and O–H groups in total. The standard InChI is InChI=1S/C21H23N3O2/c1-14-8-7-9-15(2)20(14)22-19(25)13-24(4)21(26)17-12-23(3)18-11-6-5-10-16(17)18/h5-12H,13H2,1-4H3,(H,22,25).